The molecule has 0 saturated heterocycles. The molecule has 0 saturated carbocycles. The second-order valence-electron chi connectivity index (χ2n) is 4.12. The van der Waals surface area contributed by atoms with Gasteiger partial charge >= 0.3 is 6.18 Å². The maximum atomic E-state index is 12.5. The first-order valence-corrected chi connectivity index (χ1v) is 5.38. The molecule has 0 radical (unpaired) electrons. The van der Waals surface area contributed by atoms with Crippen LogP contribution in [-0.2, 0) is 0 Å². The van der Waals surface area contributed by atoms with Gasteiger partial charge < -0.3 is 5.32 Å². The number of hydrogen-bond donors (Lipinski definition) is 1. The lowest BCUT2D eigenvalue weighted by molar-refractivity contribution is -0.140. The van der Waals surface area contributed by atoms with Gasteiger partial charge in [-0.25, -0.2) is 0 Å². The van der Waals surface area contributed by atoms with Gasteiger partial charge in [0, 0.05) is 12.6 Å². The standard InChI is InChI=1S/C13H16F3N/c1-10(2)9-17-12(8-13(14,15)16)11-6-4-3-5-7-11/h3-7,12,17H,1,8-9H2,2H3. The van der Waals surface area contributed by atoms with Crippen molar-refractivity contribution in [1.82, 2.24) is 5.32 Å². The second-order valence-corrected chi connectivity index (χ2v) is 4.12. The highest BCUT2D eigenvalue weighted by molar-refractivity contribution is 5.19. The van der Waals surface area contributed by atoms with Gasteiger partial charge in [-0.05, 0) is 12.5 Å². The van der Waals surface area contributed by atoms with Crippen molar-refractivity contribution in [2.45, 2.75) is 25.6 Å². The molecule has 0 bridgehead atoms. The molecule has 0 aliphatic carbocycles. The molecule has 0 aromatic heterocycles. The maximum Gasteiger partial charge on any atom is 0.390 e. The van der Waals surface area contributed by atoms with Crippen molar-refractivity contribution >= 4 is 0 Å². The van der Waals surface area contributed by atoms with E-state index in [0.29, 0.717) is 12.1 Å². The van der Waals surface area contributed by atoms with E-state index >= 15 is 0 Å². The van der Waals surface area contributed by atoms with Crippen molar-refractivity contribution in [3.8, 4) is 0 Å². The molecular formula is C13H16F3N. The first-order chi connectivity index (χ1) is 7.88. The SMILES string of the molecule is C=C(C)CNC(CC(F)(F)F)c1ccccc1. The van der Waals surface area contributed by atoms with Crippen LogP contribution in [-0.4, -0.2) is 12.7 Å². The molecule has 0 heterocycles. The first-order valence-electron chi connectivity index (χ1n) is 5.38. The lowest BCUT2D eigenvalue weighted by Gasteiger charge is -2.20. The minimum absolute atomic E-state index is 0.385. The molecule has 1 unspecified atom stereocenters. The molecule has 1 N–H and O–H groups in total. The Hall–Kier alpha value is -1.29. The van der Waals surface area contributed by atoms with Crippen LogP contribution in [0, 0.1) is 0 Å². The van der Waals surface area contributed by atoms with Crippen molar-refractivity contribution in [2.75, 3.05) is 6.54 Å². The third kappa shape index (κ3) is 5.54. The fourth-order valence-electron chi connectivity index (χ4n) is 1.52. The molecule has 94 valence electrons. The zero-order chi connectivity index (χ0) is 12.9. The average molecular weight is 243 g/mol. The fraction of sp³-hybridized carbons (Fsp3) is 0.385. The van der Waals surface area contributed by atoms with Crippen molar-refractivity contribution < 1.29 is 13.2 Å². The third-order valence-electron chi connectivity index (χ3n) is 2.29. The number of hydrogen-bond acceptors (Lipinski definition) is 1. The van der Waals surface area contributed by atoms with E-state index in [9.17, 15) is 13.2 Å². The number of halogens is 3. The first kappa shape index (κ1) is 13.8. The van der Waals surface area contributed by atoms with Crippen LogP contribution in [0.25, 0.3) is 0 Å². The van der Waals surface area contributed by atoms with Crippen LogP contribution < -0.4 is 5.32 Å². The molecule has 1 nitrogen and oxygen atoms in total. The molecular weight excluding hydrogens is 227 g/mol. The van der Waals surface area contributed by atoms with E-state index < -0.39 is 18.6 Å². The molecule has 1 atom stereocenters. The van der Waals surface area contributed by atoms with Crippen LogP contribution >= 0.6 is 0 Å². The third-order valence-corrected chi connectivity index (χ3v) is 2.29. The Labute approximate surface area is 99.3 Å². The molecule has 0 amide bonds. The molecule has 17 heavy (non-hydrogen) atoms. The van der Waals surface area contributed by atoms with E-state index in [1.54, 1.807) is 37.3 Å². The summed E-state index contributed by atoms with van der Waals surface area (Å²) in [5.74, 6) is 0. The minimum atomic E-state index is -4.18. The van der Waals surface area contributed by atoms with Crippen molar-refractivity contribution in [1.29, 1.82) is 0 Å². The topological polar surface area (TPSA) is 12.0 Å². The van der Waals surface area contributed by atoms with Gasteiger partial charge in [-0.1, -0.05) is 42.5 Å². The van der Waals surface area contributed by atoms with Gasteiger partial charge in [0.2, 0.25) is 0 Å². The summed E-state index contributed by atoms with van der Waals surface area (Å²) in [4.78, 5) is 0. The van der Waals surface area contributed by atoms with Crippen molar-refractivity contribution in [3.05, 3.63) is 48.0 Å². The highest BCUT2D eigenvalue weighted by atomic mass is 19.4. The average Bonchev–Trinajstić information content (AvgIpc) is 2.24. The number of rotatable bonds is 5. The number of nitrogens with one attached hydrogen (secondary N) is 1. The molecule has 1 aromatic rings. The van der Waals surface area contributed by atoms with Gasteiger partial charge in [-0.2, -0.15) is 13.2 Å². The number of benzene rings is 1. The molecule has 4 heteroatoms. The van der Waals surface area contributed by atoms with Crippen molar-refractivity contribution in [3.63, 3.8) is 0 Å². The molecule has 1 aromatic carbocycles. The van der Waals surface area contributed by atoms with Gasteiger partial charge in [0.25, 0.3) is 0 Å². The highest BCUT2D eigenvalue weighted by Crippen LogP contribution is 2.29. The van der Waals surface area contributed by atoms with E-state index in [0.717, 1.165) is 5.57 Å². The largest absolute Gasteiger partial charge is 0.390 e. The van der Waals surface area contributed by atoms with Gasteiger partial charge in [0.05, 0.1) is 6.42 Å². The Morgan fingerprint density at radius 1 is 1.29 bits per heavy atom. The van der Waals surface area contributed by atoms with E-state index in [1.807, 2.05) is 0 Å². The van der Waals surface area contributed by atoms with Crippen LogP contribution in [0.2, 0.25) is 0 Å². The predicted molar refractivity (Wildman–Crippen MR) is 62.7 cm³/mol. The summed E-state index contributed by atoms with van der Waals surface area (Å²) in [6, 6.07) is 7.94. The Morgan fingerprint density at radius 2 is 1.88 bits per heavy atom. The Morgan fingerprint density at radius 3 is 2.35 bits per heavy atom. The molecule has 0 fully saturated rings. The summed E-state index contributed by atoms with van der Waals surface area (Å²) in [7, 11) is 0. The van der Waals surface area contributed by atoms with E-state index in [2.05, 4.69) is 11.9 Å². The van der Waals surface area contributed by atoms with E-state index in [1.165, 1.54) is 0 Å². The molecule has 0 aliphatic rings. The Kier molecular flexibility index (Phi) is 4.75. The Balaban J connectivity index is 2.75. The second kappa shape index (κ2) is 5.87. The summed E-state index contributed by atoms with van der Waals surface area (Å²) < 4.78 is 37.4. The fourth-order valence-corrected chi connectivity index (χ4v) is 1.52. The minimum Gasteiger partial charge on any atom is -0.306 e. The van der Waals surface area contributed by atoms with Gasteiger partial charge in [-0.15, -0.1) is 0 Å². The van der Waals surface area contributed by atoms with Crippen molar-refractivity contribution in [2.24, 2.45) is 0 Å². The Bertz CT molecular complexity index is 357. The van der Waals surface area contributed by atoms with Crippen LogP contribution in [0.5, 0.6) is 0 Å². The van der Waals surface area contributed by atoms with Crippen LogP contribution in [0.15, 0.2) is 42.5 Å². The van der Waals surface area contributed by atoms with E-state index in [4.69, 9.17) is 0 Å². The zero-order valence-corrected chi connectivity index (χ0v) is 9.72. The summed E-state index contributed by atoms with van der Waals surface area (Å²) >= 11 is 0. The van der Waals surface area contributed by atoms with Crippen LogP contribution in [0.4, 0.5) is 13.2 Å². The zero-order valence-electron chi connectivity index (χ0n) is 9.72. The maximum absolute atomic E-state index is 12.5. The molecule has 0 aliphatic heterocycles. The van der Waals surface area contributed by atoms with E-state index in [-0.39, 0.29) is 0 Å². The quantitative estimate of drug-likeness (QED) is 0.775. The van der Waals surface area contributed by atoms with Gasteiger partial charge in [-0.3, -0.25) is 0 Å². The smallest absolute Gasteiger partial charge is 0.306 e. The monoisotopic (exact) mass is 243 g/mol. The predicted octanol–water partition coefficient (Wildman–Crippen LogP) is 3.85. The normalized spacial score (nSPS) is 13.4. The van der Waals surface area contributed by atoms with Gasteiger partial charge in [0.15, 0.2) is 0 Å². The molecule has 0 spiro atoms. The van der Waals surface area contributed by atoms with Gasteiger partial charge in [0.1, 0.15) is 0 Å². The summed E-state index contributed by atoms with van der Waals surface area (Å²) in [6.45, 7) is 5.84. The summed E-state index contributed by atoms with van der Waals surface area (Å²) in [5.41, 5.74) is 1.46. The lowest BCUT2D eigenvalue weighted by atomic mass is 10.0. The summed E-state index contributed by atoms with van der Waals surface area (Å²) in [6.07, 6.45) is -5.05. The summed E-state index contributed by atoms with van der Waals surface area (Å²) in [5, 5.41) is 2.87. The van der Waals surface area contributed by atoms with Crippen LogP contribution in [0.1, 0.15) is 24.9 Å². The number of alkyl halides is 3. The van der Waals surface area contributed by atoms with Crippen LogP contribution in [0.3, 0.4) is 0 Å². The molecule has 1 rings (SSSR count). The lowest BCUT2D eigenvalue weighted by Crippen LogP contribution is -2.27. The highest BCUT2D eigenvalue weighted by Gasteiger charge is 2.32.